The van der Waals surface area contributed by atoms with Crippen LogP contribution in [0, 0.1) is 0 Å². The Morgan fingerprint density at radius 3 is 2.58 bits per heavy atom. The van der Waals surface area contributed by atoms with Crippen molar-refractivity contribution in [2.24, 2.45) is 0 Å². The molecule has 1 rings (SSSR count). The minimum atomic E-state index is -0.316. The van der Waals surface area contributed by atoms with Crippen molar-refractivity contribution >= 4 is 5.91 Å². The van der Waals surface area contributed by atoms with Crippen molar-refractivity contribution in [2.45, 2.75) is 39.4 Å². The van der Waals surface area contributed by atoms with Crippen molar-refractivity contribution in [1.82, 2.24) is 10.6 Å². The Balaban J connectivity index is 2.54. The first-order chi connectivity index (χ1) is 8.93. The van der Waals surface area contributed by atoms with Crippen LogP contribution in [0.25, 0.3) is 0 Å². The number of nitrogens with one attached hydrogen (secondary N) is 2. The topological polar surface area (TPSA) is 70.6 Å². The number of amides is 1. The predicted molar refractivity (Wildman–Crippen MR) is 74.2 cm³/mol. The maximum Gasteiger partial charge on any atom is 0.237 e. The van der Waals surface area contributed by atoms with Crippen LogP contribution in [0.2, 0.25) is 0 Å². The molecule has 1 amide bonds. The van der Waals surface area contributed by atoms with Crippen LogP contribution in [-0.4, -0.2) is 30.2 Å². The number of rotatable bonds is 6. The second kappa shape index (κ2) is 6.99. The van der Waals surface area contributed by atoms with Crippen molar-refractivity contribution < 1.29 is 14.6 Å². The number of carbonyl (C=O) groups excluding carboxylic acids is 1. The molecule has 0 fully saturated rings. The molecule has 0 saturated carbocycles. The molecule has 0 heterocycles. The standard InChI is InChI=1S/C14H22N2O3/c1-9(2)16-14(18)10(3)15-8-11-5-6-12(19-4)7-13(11)17/h5-7,9-10,15,17H,8H2,1-4H3,(H,16,18). The second-order valence-corrected chi connectivity index (χ2v) is 4.76. The Morgan fingerprint density at radius 1 is 1.37 bits per heavy atom. The third-order valence-corrected chi connectivity index (χ3v) is 2.72. The van der Waals surface area contributed by atoms with Crippen molar-refractivity contribution in [3.63, 3.8) is 0 Å². The molecule has 0 spiro atoms. The highest BCUT2D eigenvalue weighted by Gasteiger charge is 2.13. The fraction of sp³-hybridized carbons (Fsp3) is 0.500. The zero-order chi connectivity index (χ0) is 14.4. The van der Waals surface area contributed by atoms with Gasteiger partial charge in [-0.3, -0.25) is 4.79 Å². The molecule has 0 aliphatic heterocycles. The lowest BCUT2D eigenvalue weighted by atomic mass is 10.1. The molecule has 0 aromatic heterocycles. The quantitative estimate of drug-likeness (QED) is 0.728. The van der Waals surface area contributed by atoms with Gasteiger partial charge in [0.05, 0.1) is 13.2 Å². The van der Waals surface area contributed by atoms with Crippen molar-refractivity contribution in [1.29, 1.82) is 0 Å². The van der Waals surface area contributed by atoms with Gasteiger partial charge in [0.15, 0.2) is 0 Å². The monoisotopic (exact) mass is 266 g/mol. The number of phenols is 1. The Labute approximate surface area is 114 Å². The summed E-state index contributed by atoms with van der Waals surface area (Å²) in [6.45, 7) is 6.04. The second-order valence-electron chi connectivity index (χ2n) is 4.76. The number of methoxy groups -OCH3 is 1. The highest BCUT2D eigenvalue weighted by molar-refractivity contribution is 5.81. The molecule has 5 nitrogen and oxygen atoms in total. The molecule has 0 aliphatic carbocycles. The van der Waals surface area contributed by atoms with E-state index in [2.05, 4.69) is 10.6 Å². The van der Waals surface area contributed by atoms with Crippen LogP contribution in [0.4, 0.5) is 0 Å². The summed E-state index contributed by atoms with van der Waals surface area (Å²) >= 11 is 0. The summed E-state index contributed by atoms with van der Waals surface area (Å²) in [5.74, 6) is 0.707. The van der Waals surface area contributed by atoms with E-state index >= 15 is 0 Å². The third-order valence-electron chi connectivity index (χ3n) is 2.72. The summed E-state index contributed by atoms with van der Waals surface area (Å²) < 4.78 is 5.01. The molecular formula is C14H22N2O3. The van der Waals surface area contributed by atoms with E-state index in [1.807, 2.05) is 13.8 Å². The Morgan fingerprint density at radius 2 is 2.05 bits per heavy atom. The zero-order valence-electron chi connectivity index (χ0n) is 11.9. The molecule has 1 atom stereocenters. The minimum absolute atomic E-state index is 0.0528. The van der Waals surface area contributed by atoms with E-state index in [0.29, 0.717) is 12.3 Å². The molecule has 1 aromatic carbocycles. The molecule has 0 radical (unpaired) electrons. The molecule has 19 heavy (non-hydrogen) atoms. The van der Waals surface area contributed by atoms with Gasteiger partial charge in [-0.2, -0.15) is 0 Å². The van der Waals surface area contributed by atoms with E-state index in [9.17, 15) is 9.90 Å². The van der Waals surface area contributed by atoms with E-state index in [-0.39, 0.29) is 23.7 Å². The summed E-state index contributed by atoms with van der Waals surface area (Å²) in [7, 11) is 1.55. The lowest BCUT2D eigenvalue weighted by molar-refractivity contribution is -0.123. The van der Waals surface area contributed by atoms with Crippen LogP contribution in [-0.2, 0) is 11.3 Å². The highest BCUT2D eigenvalue weighted by atomic mass is 16.5. The van der Waals surface area contributed by atoms with Gasteiger partial charge in [0, 0.05) is 24.2 Å². The van der Waals surface area contributed by atoms with Crippen LogP contribution in [0.1, 0.15) is 26.3 Å². The van der Waals surface area contributed by atoms with Crippen molar-refractivity contribution in [3.8, 4) is 11.5 Å². The van der Waals surface area contributed by atoms with Gasteiger partial charge in [0.25, 0.3) is 0 Å². The van der Waals surface area contributed by atoms with Gasteiger partial charge in [-0.1, -0.05) is 6.07 Å². The number of hydrogen-bond acceptors (Lipinski definition) is 4. The van der Waals surface area contributed by atoms with E-state index in [1.54, 1.807) is 32.2 Å². The van der Waals surface area contributed by atoms with E-state index in [4.69, 9.17) is 4.74 Å². The van der Waals surface area contributed by atoms with Crippen molar-refractivity contribution in [3.05, 3.63) is 23.8 Å². The lowest BCUT2D eigenvalue weighted by Crippen LogP contribution is -2.44. The number of hydrogen-bond donors (Lipinski definition) is 3. The summed E-state index contributed by atoms with van der Waals surface area (Å²) in [5, 5.41) is 15.7. The number of phenolic OH excluding ortho intramolecular Hbond substituents is 1. The van der Waals surface area contributed by atoms with Crippen LogP contribution < -0.4 is 15.4 Å². The average molecular weight is 266 g/mol. The van der Waals surface area contributed by atoms with Gasteiger partial charge in [-0.05, 0) is 26.8 Å². The molecule has 0 bridgehead atoms. The number of benzene rings is 1. The first-order valence-corrected chi connectivity index (χ1v) is 6.33. The Bertz CT molecular complexity index is 433. The van der Waals surface area contributed by atoms with Gasteiger partial charge < -0.3 is 20.5 Å². The van der Waals surface area contributed by atoms with Crippen LogP contribution in [0.5, 0.6) is 11.5 Å². The number of aromatic hydroxyl groups is 1. The largest absolute Gasteiger partial charge is 0.507 e. The summed E-state index contributed by atoms with van der Waals surface area (Å²) in [6, 6.07) is 4.90. The molecule has 106 valence electrons. The molecule has 5 heteroatoms. The van der Waals surface area contributed by atoms with Gasteiger partial charge in [0.1, 0.15) is 11.5 Å². The first-order valence-electron chi connectivity index (χ1n) is 6.33. The maximum atomic E-state index is 11.7. The van der Waals surface area contributed by atoms with Crippen molar-refractivity contribution in [2.75, 3.05) is 7.11 Å². The Hall–Kier alpha value is -1.75. The van der Waals surface area contributed by atoms with Gasteiger partial charge >= 0.3 is 0 Å². The SMILES string of the molecule is COc1ccc(CNC(C)C(=O)NC(C)C)c(O)c1. The third kappa shape index (κ3) is 4.79. The van der Waals surface area contributed by atoms with E-state index in [1.165, 1.54) is 0 Å². The van der Waals surface area contributed by atoms with Crippen LogP contribution in [0.3, 0.4) is 0 Å². The van der Waals surface area contributed by atoms with Crippen LogP contribution in [0.15, 0.2) is 18.2 Å². The normalized spacial score (nSPS) is 12.3. The molecule has 1 unspecified atom stereocenters. The molecule has 1 aromatic rings. The molecule has 3 N–H and O–H groups in total. The van der Waals surface area contributed by atoms with Crippen LogP contribution >= 0.6 is 0 Å². The fourth-order valence-electron chi connectivity index (χ4n) is 1.59. The van der Waals surface area contributed by atoms with Gasteiger partial charge in [-0.15, -0.1) is 0 Å². The Kier molecular flexibility index (Phi) is 5.63. The van der Waals surface area contributed by atoms with E-state index in [0.717, 1.165) is 5.56 Å². The number of carbonyl (C=O) groups is 1. The summed E-state index contributed by atoms with van der Waals surface area (Å²) in [5.41, 5.74) is 0.727. The zero-order valence-corrected chi connectivity index (χ0v) is 11.9. The lowest BCUT2D eigenvalue weighted by Gasteiger charge is -2.16. The molecule has 0 saturated heterocycles. The van der Waals surface area contributed by atoms with Gasteiger partial charge in [-0.25, -0.2) is 0 Å². The van der Waals surface area contributed by atoms with Gasteiger partial charge in [0.2, 0.25) is 5.91 Å². The summed E-state index contributed by atoms with van der Waals surface area (Å²) in [4.78, 5) is 11.7. The fourth-order valence-corrected chi connectivity index (χ4v) is 1.59. The minimum Gasteiger partial charge on any atom is -0.507 e. The highest BCUT2D eigenvalue weighted by Crippen LogP contribution is 2.23. The average Bonchev–Trinajstić information content (AvgIpc) is 2.35. The summed E-state index contributed by atoms with van der Waals surface area (Å²) in [6.07, 6.45) is 0. The predicted octanol–water partition coefficient (Wildman–Crippen LogP) is 1.40. The first kappa shape index (κ1) is 15.3. The molecular weight excluding hydrogens is 244 g/mol. The number of ether oxygens (including phenoxy) is 1. The smallest absolute Gasteiger partial charge is 0.237 e. The van der Waals surface area contributed by atoms with E-state index < -0.39 is 0 Å². The molecule has 0 aliphatic rings. The maximum absolute atomic E-state index is 11.7.